The molecular weight excluding hydrogens is 254 g/mol. The van der Waals surface area contributed by atoms with Crippen molar-refractivity contribution in [1.29, 1.82) is 0 Å². The second-order valence-electron chi connectivity index (χ2n) is 6.89. The first-order valence-corrected chi connectivity index (χ1v) is 7.48. The van der Waals surface area contributed by atoms with E-state index in [0.717, 1.165) is 24.8 Å². The van der Waals surface area contributed by atoms with E-state index in [1.165, 1.54) is 12.0 Å². The summed E-state index contributed by atoms with van der Waals surface area (Å²) in [6, 6.07) is 3.48. The van der Waals surface area contributed by atoms with Crippen molar-refractivity contribution in [2.45, 2.75) is 64.6 Å². The van der Waals surface area contributed by atoms with E-state index in [-0.39, 0.29) is 5.82 Å². The highest BCUT2D eigenvalue weighted by Gasteiger charge is 2.53. The molecule has 0 bridgehead atoms. The van der Waals surface area contributed by atoms with Gasteiger partial charge in [-0.15, -0.1) is 0 Å². The fourth-order valence-electron chi connectivity index (χ4n) is 3.04. The van der Waals surface area contributed by atoms with Crippen LogP contribution in [-0.4, -0.2) is 18.3 Å². The first-order valence-electron chi connectivity index (χ1n) is 7.48. The number of rotatable bonds is 1. The van der Waals surface area contributed by atoms with Crippen molar-refractivity contribution in [3.8, 4) is 0 Å². The maximum absolute atomic E-state index is 14.4. The third-order valence-corrected chi connectivity index (χ3v) is 5.01. The Balaban J connectivity index is 2.04. The summed E-state index contributed by atoms with van der Waals surface area (Å²) in [5.74, 6) is -0.204. The van der Waals surface area contributed by atoms with Crippen LogP contribution in [0.25, 0.3) is 0 Å². The van der Waals surface area contributed by atoms with E-state index >= 15 is 0 Å². The average Bonchev–Trinajstić information content (AvgIpc) is 2.57. The molecule has 1 aromatic rings. The zero-order valence-electron chi connectivity index (χ0n) is 12.8. The first kappa shape index (κ1) is 14.1. The molecule has 1 aliphatic carbocycles. The topological polar surface area (TPSA) is 18.5 Å². The smallest absolute Gasteiger partial charge is 0.399 e. The lowest BCUT2D eigenvalue weighted by Crippen LogP contribution is -2.41. The molecular formula is C16H22BFO2. The molecule has 1 aromatic carbocycles. The van der Waals surface area contributed by atoms with Crippen LogP contribution in [0.4, 0.5) is 4.39 Å². The summed E-state index contributed by atoms with van der Waals surface area (Å²) >= 11 is 0. The lowest BCUT2D eigenvalue weighted by atomic mass is 9.71. The van der Waals surface area contributed by atoms with Gasteiger partial charge in [0.2, 0.25) is 0 Å². The summed E-state index contributed by atoms with van der Waals surface area (Å²) in [4.78, 5) is 0. The van der Waals surface area contributed by atoms with Gasteiger partial charge in [-0.3, -0.25) is 0 Å². The van der Waals surface area contributed by atoms with Gasteiger partial charge >= 0.3 is 7.12 Å². The molecule has 0 N–H and O–H groups in total. The van der Waals surface area contributed by atoms with Gasteiger partial charge in [-0.25, -0.2) is 4.39 Å². The van der Waals surface area contributed by atoms with Crippen LogP contribution in [-0.2, 0) is 22.2 Å². The minimum atomic E-state index is -0.590. The van der Waals surface area contributed by atoms with Crippen LogP contribution in [0.3, 0.4) is 0 Å². The van der Waals surface area contributed by atoms with Gasteiger partial charge in [0.1, 0.15) is 5.82 Å². The minimum Gasteiger partial charge on any atom is -0.399 e. The predicted octanol–water partition coefficient (Wildman–Crippen LogP) is 3.00. The molecule has 108 valence electrons. The summed E-state index contributed by atoms with van der Waals surface area (Å²) in [5.41, 5.74) is 2.13. The Labute approximate surface area is 120 Å². The number of benzene rings is 1. The Morgan fingerprint density at radius 3 is 2.25 bits per heavy atom. The van der Waals surface area contributed by atoms with Crippen molar-refractivity contribution in [1.82, 2.24) is 0 Å². The zero-order chi connectivity index (χ0) is 14.5. The first-order chi connectivity index (χ1) is 9.32. The minimum absolute atomic E-state index is 0.204. The van der Waals surface area contributed by atoms with Crippen LogP contribution >= 0.6 is 0 Å². The molecule has 0 aromatic heterocycles. The van der Waals surface area contributed by atoms with E-state index in [1.807, 2.05) is 33.8 Å². The summed E-state index contributed by atoms with van der Waals surface area (Å²) in [7, 11) is -0.590. The molecule has 0 amide bonds. The standard InChI is InChI=1S/C16H22BFO2/c1-15(2)16(3,4)20-17(19-15)14-12-8-6-5-7-11(12)9-10-13(14)18/h9-10H,5-8H2,1-4H3. The van der Waals surface area contributed by atoms with Gasteiger partial charge in [-0.1, -0.05) is 6.07 Å². The third kappa shape index (κ3) is 2.10. The van der Waals surface area contributed by atoms with Crippen molar-refractivity contribution < 1.29 is 13.7 Å². The van der Waals surface area contributed by atoms with Crippen LogP contribution in [0, 0.1) is 5.82 Å². The number of hydrogen-bond donors (Lipinski definition) is 0. The summed E-state index contributed by atoms with van der Waals surface area (Å²) in [6.07, 6.45) is 4.25. The number of aryl methyl sites for hydroxylation is 1. The molecule has 0 atom stereocenters. The number of fused-ring (bicyclic) bond motifs is 1. The molecule has 1 saturated heterocycles. The molecule has 0 spiro atoms. The van der Waals surface area contributed by atoms with Gasteiger partial charge in [0.15, 0.2) is 0 Å². The third-order valence-electron chi connectivity index (χ3n) is 5.01. The molecule has 3 rings (SSSR count). The van der Waals surface area contributed by atoms with Gasteiger partial charge in [0.25, 0.3) is 0 Å². The van der Waals surface area contributed by atoms with Crippen molar-refractivity contribution in [2.24, 2.45) is 0 Å². The molecule has 4 heteroatoms. The quantitative estimate of drug-likeness (QED) is 0.734. The maximum Gasteiger partial charge on any atom is 0.498 e. The zero-order valence-corrected chi connectivity index (χ0v) is 12.8. The van der Waals surface area contributed by atoms with Crippen LogP contribution in [0.1, 0.15) is 51.7 Å². The molecule has 2 nitrogen and oxygen atoms in total. The SMILES string of the molecule is CC1(C)OB(c2c(F)ccc3c2CCCC3)OC1(C)C. The van der Waals surface area contributed by atoms with Crippen LogP contribution in [0.5, 0.6) is 0 Å². The van der Waals surface area contributed by atoms with E-state index in [1.54, 1.807) is 6.07 Å². The Morgan fingerprint density at radius 1 is 1.00 bits per heavy atom. The highest BCUT2D eigenvalue weighted by molar-refractivity contribution is 6.62. The molecule has 20 heavy (non-hydrogen) atoms. The fraction of sp³-hybridized carbons (Fsp3) is 0.625. The summed E-state index contributed by atoms with van der Waals surface area (Å²) in [6.45, 7) is 8.00. The van der Waals surface area contributed by atoms with Gasteiger partial charge in [0.05, 0.1) is 11.2 Å². The normalized spacial score (nSPS) is 23.8. The number of hydrogen-bond acceptors (Lipinski definition) is 2. The highest BCUT2D eigenvalue weighted by Crippen LogP contribution is 2.37. The molecule has 2 aliphatic rings. The van der Waals surface area contributed by atoms with E-state index in [2.05, 4.69) is 0 Å². The van der Waals surface area contributed by atoms with Crippen molar-refractivity contribution in [3.05, 3.63) is 29.1 Å². The average molecular weight is 276 g/mol. The second kappa shape index (κ2) is 4.57. The highest BCUT2D eigenvalue weighted by atomic mass is 19.1. The summed E-state index contributed by atoms with van der Waals surface area (Å²) in [5, 5.41) is 0. The lowest BCUT2D eigenvalue weighted by molar-refractivity contribution is 0.00578. The van der Waals surface area contributed by atoms with Gasteiger partial charge in [-0.2, -0.15) is 0 Å². The molecule has 0 unspecified atom stereocenters. The Kier molecular flexibility index (Phi) is 3.22. The second-order valence-corrected chi connectivity index (χ2v) is 6.89. The fourth-order valence-corrected chi connectivity index (χ4v) is 3.04. The summed E-state index contributed by atoms with van der Waals surface area (Å²) < 4.78 is 26.4. The van der Waals surface area contributed by atoms with Gasteiger partial charge in [0, 0.05) is 5.46 Å². The van der Waals surface area contributed by atoms with Gasteiger partial charge < -0.3 is 9.31 Å². The Bertz CT molecular complexity index is 524. The molecule has 1 aliphatic heterocycles. The molecule has 1 heterocycles. The Hall–Kier alpha value is -0.865. The van der Waals surface area contributed by atoms with Crippen molar-refractivity contribution in [2.75, 3.05) is 0 Å². The van der Waals surface area contributed by atoms with Crippen LogP contribution < -0.4 is 5.46 Å². The van der Waals surface area contributed by atoms with E-state index in [9.17, 15) is 4.39 Å². The number of halogens is 1. The van der Waals surface area contributed by atoms with E-state index < -0.39 is 18.3 Å². The van der Waals surface area contributed by atoms with E-state index in [0.29, 0.717) is 5.46 Å². The van der Waals surface area contributed by atoms with Crippen molar-refractivity contribution >= 4 is 12.6 Å². The van der Waals surface area contributed by atoms with Gasteiger partial charge in [-0.05, 0) is 70.6 Å². The van der Waals surface area contributed by atoms with Crippen molar-refractivity contribution in [3.63, 3.8) is 0 Å². The van der Waals surface area contributed by atoms with Crippen LogP contribution in [0.15, 0.2) is 12.1 Å². The maximum atomic E-state index is 14.4. The molecule has 0 radical (unpaired) electrons. The largest absolute Gasteiger partial charge is 0.498 e. The lowest BCUT2D eigenvalue weighted by Gasteiger charge is -2.32. The monoisotopic (exact) mass is 276 g/mol. The molecule has 0 saturated carbocycles. The Morgan fingerprint density at radius 2 is 1.60 bits per heavy atom. The predicted molar refractivity (Wildman–Crippen MR) is 78.8 cm³/mol. The molecule has 1 fully saturated rings. The van der Waals surface area contributed by atoms with E-state index in [4.69, 9.17) is 9.31 Å². The van der Waals surface area contributed by atoms with Crippen LogP contribution in [0.2, 0.25) is 0 Å².